The van der Waals surface area contributed by atoms with E-state index in [9.17, 15) is 9.59 Å². The molecule has 148 valence electrons. The maximum atomic E-state index is 12.9. The second kappa shape index (κ2) is 7.54. The van der Waals surface area contributed by atoms with Gasteiger partial charge in [0.2, 0.25) is 5.91 Å². The fourth-order valence-corrected chi connectivity index (χ4v) is 3.93. The molecule has 1 aromatic carbocycles. The molecule has 1 aliphatic rings. The number of hydrogen-bond donors (Lipinski definition) is 1. The number of carbonyl (C=O) groups is 2. The van der Waals surface area contributed by atoms with Crippen molar-refractivity contribution >= 4 is 23.2 Å². The number of rotatable bonds is 4. The van der Waals surface area contributed by atoms with E-state index >= 15 is 0 Å². The Bertz CT molecular complexity index is 1090. The first-order chi connectivity index (χ1) is 13.9. The number of aromatic nitrogens is 2. The quantitative estimate of drug-likeness (QED) is 0.741. The SMILES string of the molecule is CC(=O)N1CCc2cc(NC(=O)c3cc(C)n(Cc4ccccn4)c3C)ccc21. The van der Waals surface area contributed by atoms with Crippen molar-refractivity contribution in [1.29, 1.82) is 0 Å². The van der Waals surface area contributed by atoms with Crippen LogP contribution in [0.1, 0.15) is 39.9 Å². The molecule has 0 fully saturated rings. The molecule has 4 rings (SSSR count). The minimum atomic E-state index is -0.133. The van der Waals surface area contributed by atoms with Crippen molar-refractivity contribution in [2.75, 3.05) is 16.8 Å². The van der Waals surface area contributed by atoms with Crippen molar-refractivity contribution in [3.05, 3.63) is 76.9 Å². The van der Waals surface area contributed by atoms with Crippen LogP contribution in [0.15, 0.2) is 48.7 Å². The highest BCUT2D eigenvalue weighted by molar-refractivity contribution is 6.05. The molecule has 3 heterocycles. The first-order valence-corrected chi connectivity index (χ1v) is 9.73. The summed E-state index contributed by atoms with van der Waals surface area (Å²) in [6, 6.07) is 13.5. The molecule has 6 nitrogen and oxygen atoms in total. The molecule has 2 aromatic heterocycles. The highest BCUT2D eigenvalue weighted by Crippen LogP contribution is 2.30. The zero-order valence-electron chi connectivity index (χ0n) is 16.9. The second-order valence-corrected chi connectivity index (χ2v) is 7.41. The van der Waals surface area contributed by atoms with Crippen molar-refractivity contribution in [1.82, 2.24) is 9.55 Å². The van der Waals surface area contributed by atoms with Crippen molar-refractivity contribution < 1.29 is 9.59 Å². The van der Waals surface area contributed by atoms with Crippen molar-refractivity contribution in [3.63, 3.8) is 0 Å². The fraction of sp³-hybridized carbons (Fsp3) is 0.261. The maximum Gasteiger partial charge on any atom is 0.257 e. The summed E-state index contributed by atoms with van der Waals surface area (Å²) >= 11 is 0. The summed E-state index contributed by atoms with van der Waals surface area (Å²) in [6.07, 6.45) is 2.58. The average molecular weight is 388 g/mol. The Kier molecular flexibility index (Phi) is 4.92. The molecule has 0 bridgehead atoms. The molecule has 1 aliphatic heterocycles. The van der Waals surface area contributed by atoms with Gasteiger partial charge >= 0.3 is 0 Å². The van der Waals surface area contributed by atoms with E-state index in [1.807, 2.05) is 56.3 Å². The zero-order chi connectivity index (χ0) is 20.5. The molecule has 0 unspecified atom stereocenters. The van der Waals surface area contributed by atoms with Crippen LogP contribution < -0.4 is 10.2 Å². The van der Waals surface area contributed by atoms with E-state index in [2.05, 4.69) is 14.9 Å². The summed E-state index contributed by atoms with van der Waals surface area (Å²) in [7, 11) is 0. The number of pyridine rings is 1. The average Bonchev–Trinajstić information content (AvgIpc) is 3.25. The number of amides is 2. The molecule has 6 heteroatoms. The molecule has 29 heavy (non-hydrogen) atoms. The molecule has 3 aromatic rings. The Hall–Kier alpha value is -3.41. The summed E-state index contributed by atoms with van der Waals surface area (Å²) in [5.74, 6) is -0.0902. The van der Waals surface area contributed by atoms with Crippen molar-refractivity contribution in [3.8, 4) is 0 Å². The Morgan fingerprint density at radius 1 is 1.14 bits per heavy atom. The molecular formula is C23H24N4O2. The van der Waals surface area contributed by atoms with E-state index < -0.39 is 0 Å². The second-order valence-electron chi connectivity index (χ2n) is 7.41. The standard InChI is InChI=1S/C23H24N4O2/c1-15-12-21(16(2)27(15)14-20-6-4-5-10-24-20)23(29)25-19-7-8-22-18(13-19)9-11-26(22)17(3)28/h4-8,10,12-13H,9,11,14H2,1-3H3,(H,25,29). The first-order valence-electron chi connectivity index (χ1n) is 9.73. The van der Waals surface area contributed by atoms with Gasteiger partial charge in [0.1, 0.15) is 0 Å². The van der Waals surface area contributed by atoms with Crippen LogP contribution in [0.3, 0.4) is 0 Å². The number of nitrogens with zero attached hydrogens (tertiary/aromatic N) is 3. The summed E-state index contributed by atoms with van der Waals surface area (Å²) in [5, 5.41) is 3.01. The Morgan fingerprint density at radius 3 is 2.69 bits per heavy atom. The van der Waals surface area contributed by atoms with Crippen LogP contribution in [0.2, 0.25) is 0 Å². The highest BCUT2D eigenvalue weighted by atomic mass is 16.2. The summed E-state index contributed by atoms with van der Waals surface area (Å²) < 4.78 is 2.10. The lowest BCUT2D eigenvalue weighted by atomic mass is 10.1. The highest BCUT2D eigenvalue weighted by Gasteiger charge is 2.23. The van der Waals surface area contributed by atoms with Gasteiger partial charge in [-0.2, -0.15) is 0 Å². The molecule has 0 saturated heterocycles. The monoisotopic (exact) mass is 388 g/mol. The molecular weight excluding hydrogens is 364 g/mol. The van der Waals surface area contributed by atoms with Crippen LogP contribution in [-0.2, 0) is 17.8 Å². The number of benzene rings is 1. The summed E-state index contributed by atoms with van der Waals surface area (Å²) in [4.78, 5) is 30.8. The zero-order valence-corrected chi connectivity index (χ0v) is 16.9. The minimum Gasteiger partial charge on any atom is -0.342 e. The lowest BCUT2D eigenvalue weighted by molar-refractivity contribution is -0.116. The van der Waals surface area contributed by atoms with E-state index in [0.717, 1.165) is 40.4 Å². The normalized spacial score (nSPS) is 12.7. The molecule has 0 saturated carbocycles. The fourth-order valence-electron chi connectivity index (χ4n) is 3.93. The van der Waals surface area contributed by atoms with Gasteiger partial charge in [-0.05, 0) is 62.2 Å². The summed E-state index contributed by atoms with van der Waals surface area (Å²) in [6.45, 7) is 6.85. The Balaban J connectivity index is 1.54. The van der Waals surface area contributed by atoms with Crippen LogP contribution in [0.4, 0.5) is 11.4 Å². The third kappa shape index (κ3) is 3.66. The van der Waals surface area contributed by atoms with Gasteiger partial charge in [0.25, 0.3) is 5.91 Å². The van der Waals surface area contributed by atoms with Crippen LogP contribution in [0.5, 0.6) is 0 Å². The smallest absolute Gasteiger partial charge is 0.257 e. The van der Waals surface area contributed by atoms with Gasteiger partial charge in [-0.15, -0.1) is 0 Å². The molecule has 0 atom stereocenters. The van der Waals surface area contributed by atoms with E-state index in [4.69, 9.17) is 0 Å². The van der Waals surface area contributed by atoms with E-state index in [1.54, 1.807) is 18.0 Å². The van der Waals surface area contributed by atoms with Gasteiger partial charge < -0.3 is 14.8 Å². The van der Waals surface area contributed by atoms with Gasteiger partial charge in [-0.1, -0.05) is 6.07 Å². The lowest BCUT2D eigenvalue weighted by Crippen LogP contribution is -2.25. The number of hydrogen-bond acceptors (Lipinski definition) is 3. The predicted molar refractivity (Wildman–Crippen MR) is 113 cm³/mol. The van der Waals surface area contributed by atoms with Gasteiger partial charge in [-0.3, -0.25) is 14.6 Å². The molecule has 0 spiro atoms. The van der Waals surface area contributed by atoms with Crippen molar-refractivity contribution in [2.24, 2.45) is 0 Å². The van der Waals surface area contributed by atoms with Crippen LogP contribution >= 0.6 is 0 Å². The van der Waals surface area contributed by atoms with Gasteiger partial charge in [0.15, 0.2) is 0 Å². The van der Waals surface area contributed by atoms with E-state index in [1.165, 1.54) is 0 Å². The van der Waals surface area contributed by atoms with E-state index in [-0.39, 0.29) is 11.8 Å². The van der Waals surface area contributed by atoms with Gasteiger partial charge in [0.05, 0.1) is 17.8 Å². The predicted octanol–water partition coefficient (Wildman–Crippen LogP) is 3.71. The minimum absolute atomic E-state index is 0.0425. The number of aryl methyl sites for hydroxylation is 1. The number of nitrogens with one attached hydrogen (secondary N) is 1. The third-order valence-corrected chi connectivity index (χ3v) is 5.48. The van der Waals surface area contributed by atoms with Crippen LogP contribution in [0, 0.1) is 13.8 Å². The summed E-state index contributed by atoms with van der Waals surface area (Å²) in [5.41, 5.74) is 6.30. The third-order valence-electron chi connectivity index (χ3n) is 5.48. The van der Waals surface area contributed by atoms with Crippen LogP contribution in [0.25, 0.3) is 0 Å². The molecule has 0 aliphatic carbocycles. The van der Waals surface area contributed by atoms with Crippen molar-refractivity contribution in [2.45, 2.75) is 33.7 Å². The van der Waals surface area contributed by atoms with E-state index in [0.29, 0.717) is 18.7 Å². The maximum absolute atomic E-state index is 12.9. The number of fused-ring (bicyclic) bond motifs is 1. The largest absolute Gasteiger partial charge is 0.342 e. The molecule has 2 amide bonds. The Labute approximate surface area is 170 Å². The first kappa shape index (κ1) is 18.9. The molecule has 1 N–H and O–H groups in total. The van der Waals surface area contributed by atoms with Gasteiger partial charge in [0, 0.05) is 42.4 Å². The number of carbonyl (C=O) groups excluding carboxylic acids is 2. The van der Waals surface area contributed by atoms with Crippen LogP contribution in [-0.4, -0.2) is 27.9 Å². The topological polar surface area (TPSA) is 67.2 Å². The molecule has 0 radical (unpaired) electrons. The Morgan fingerprint density at radius 2 is 1.97 bits per heavy atom. The van der Waals surface area contributed by atoms with Gasteiger partial charge in [-0.25, -0.2) is 0 Å². The lowest BCUT2D eigenvalue weighted by Gasteiger charge is -2.15. The number of anilines is 2.